The van der Waals surface area contributed by atoms with Crippen molar-refractivity contribution in [2.75, 3.05) is 33.8 Å². The maximum atomic E-state index is 11.8. The molecule has 0 saturated carbocycles. The number of esters is 1. The summed E-state index contributed by atoms with van der Waals surface area (Å²) < 4.78 is 11.3. The van der Waals surface area contributed by atoms with Gasteiger partial charge in [-0.1, -0.05) is 5.21 Å². The van der Waals surface area contributed by atoms with Gasteiger partial charge in [0.25, 0.3) is 0 Å². The second-order valence-corrected chi connectivity index (χ2v) is 7.25. The van der Waals surface area contributed by atoms with Gasteiger partial charge in [0.2, 0.25) is 5.91 Å². The fraction of sp³-hybridized carbons (Fsp3) is 0.706. The summed E-state index contributed by atoms with van der Waals surface area (Å²) >= 11 is 0. The highest BCUT2D eigenvalue weighted by atomic mass is 16.6. The van der Waals surface area contributed by atoms with Gasteiger partial charge in [-0.15, -0.1) is 5.10 Å². The third-order valence-electron chi connectivity index (χ3n) is 3.32. The van der Waals surface area contributed by atoms with Crippen molar-refractivity contribution in [3.05, 3.63) is 11.9 Å². The minimum atomic E-state index is -0.541. The summed E-state index contributed by atoms with van der Waals surface area (Å²) in [6.07, 6.45) is 1.41. The molecule has 0 aliphatic carbocycles. The highest BCUT2D eigenvalue weighted by Gasteiger charge is 2.15. The van der Waals surface area contributed by atoms with Gasteiger partial charge in [-0.3, -0.25) is 19.2 Å². The van der Waals surface area contributed by atoms with E-state index in [9.17, 15) is 14.4 Å². The lowest BCUT2D eigenvalue weighted by Gasteiger charge is -2.19. The Balaban J connectivity index is 2.29. The van der Waals surface area contributed by atoms with Gasteiger partial charge in [0.05, 0.1) is 32.3 Å². The fourth-order valence-electron chi connectivity index (χ4n) is 2.15. The first-order chi connectivity index (χ1) is 13.1. The number of carbonyl (C=O) groups is 3. The van der Waals surface area contributed by atoms with Crippen LogP contribution in [0, 0.1) is 0 Å². The minimum absolute atomic E-state index is 0.137. The number of likely N-dealkylation sites (N-methyl/N-ethyl adjacent to an activating group) is 1. The molecule has 11 heteroatoms. The van der Waals surface area contributed by atoms with Gasteiger partial charge >= 0.3 is 12.1 Å². The average molecular weight is 398 g/mol. The molecule has 158 valence electrons. The third kappa shape index (κ3) is 10.5. The van der Waals surface area contributed by atoms with E-state index in [1.165, 1.54) is 7.11 Å². The van der Waals surface area contributed by atoms with E-state index >= 15 is 0 Å². The van der Waals surface area contributed by atoms with E-state index in [1.807, 2.05) is 0 Å². The number of hydrogen-bond acceptors (Lipinski definition) is 8. The molecule has 1 aromatic rings. The van der Waals surface area contributed by atoms with Crippen molar-refractivity contribution in [1.29, 1.82) is 0 Å². The van der Waals surface area contributed by atoms with Gasteiger partial charge in [0.15, 0.2) is 0 Å². The predicted octanol–water partition coefficient (Wildman–Crippen LogP) is -0.0861. The molecule has 0 fully saturated rings. The van der Waals surface area contributed by atoms with Crippen molar-refractivity contribution in [3.63, 3.8) is 0 Å². The SMILES string of the molecule is COC(=O)CCNC(=O)CN(C)Cc1cn(CCNC(=O)OC(C)(C)C)nn1. The summed E-state index contributed by atoms with van der Waals surface area (Å²) in [5.41, 5.74) is 0.155. The second-order valence-electron chi connectivity index (χ2n) is 7.25. The van der Waals surface area contributed by atoms with Crippen molar-refractivity contribution >= 4 is 18.0 Å². The zero-order valence-corrected chi connectivity index (χ0v) is 17.2. The van der Waals surface area contributed by atoms with Crippen LogP contribution < -0.4 is 10.6 Å². The van der Waals surface area contributed by atoms with Crippen molar-refractivity contribution in [2.24, 2.45) is 0 Å². The van der Waals surface area contributed by atoms with Gasteiger partial charge in [-0.2, -0.15) is 0 Å². The van der Waals surface area contributed by atoms with E-state index < -0.39 is 11.7 Å². The smallest absolute Gasteiger partial charge is 0.407 e. The summed E-state index contributed by atoms with van der Waals surface area (Å²) in [5.74, 6) is -0.563. The van der Waals surface area contributed by atoms with Gasteiger partial charge in [-0.05, 0) is 27.8 Å². The lowest BCUT2D eigenvalue weighted by Crippen LogP contribution is -2.36. The molecule has 0 unspecified atom stereocenters. The van der Waals surface area contributed by atoms with Crippen molar-refractivity contribution < 1.29 is 23.9 Å². The number of aromatic nitrogens is 3. The Bertz CT molecular complexity index is 655. The zero-order chi connectivity index (χ0) is 21.2. The van der Waals surface area contributed by atoms with Gasteiger partial charge in [0, 0.05) is 25.8 Å². The summed E-state index contributed by atoms with van der Waals surface area (Å²) in [5, 5.41) is 13.3. The first-order valence-corrected chi connectivity index (χ1v) is 8.97. The lowest BCUT2D eigenvalue weighted by atomic mass is 10.2. The van der Waals surface area contributed by atoms with Crippen LogP contribution in [-0.4, -0.2) is 77.3 Å². The molecule has 11 nitrogen and oxygen atoms in total. The first-order valence-electron chi connectivity index (χ1n) is 8.97. The molecule has 0 saturated heterocycles. The predicted molar refractivity (Wildman–Crippen MR) is 100 cm³/mol. The Morgan fingerprint density at radius 2 is 1.93 bits per heavy atom. The highest BCUT2D eigenvalue weighted by Crippen LogP contribution is 2.06. The average Bonchev–Trinajstić information content (AvgIpc) is 2.99. The van der Waals surface area contributed by atoms with Crippen LogP contribution in [0.2, 0.25) is 0 Å². The Morgan fingerprint density at radius 1 is 1.21 bits per heavy atom. The maximum absolute atomic E-state index is 11.8. The molecule has 0 aromatic carbocycles. The molecule has 0 aliphatic heterocycles. The third-order valence-corrected chi connectivity index (χ3v) is 3.32. The van der Waals surface area contributed by atoms with E-state index in [0.29, 0.717) is 25.3 Å². The number of amides is 2. The van der Waals surface area contributed by atoms with E-state index in [4.69, 9.17) is 4.74 Å². The number of alkyl carbamates (subject to hydrolysis) is 1. The maximum Gasteiger partial charge on any atom is 0.407 e. The molecule has 0 atom stereocenters. The van der Waals surface area contributed by atoms with E-state index in [2.05, 4.69) is 25.7 Å². The van der Waals surface area contributed by atoms with Gasteiger partial charge in [-0.25, -0.2) is 4.79 Å². The summed E-state index contributed by atoms with van der Waals surface area (Å²) in [6.45, 7) is 7.03. The number of methoxy groups -OCH3 is 1. The van der Waals surface area contributed by atoms with Gasteiger partial charge in [0.1, 0.15) is 5.60 Å². The molecule has 0 bridgehead atoms. The standard InChI is InChI=1S/C17H30N6O5/c1-17(2,3)28-16(26)19-8-9-23-11-13(20-21-23)10-22(4)12-14(24)18-7-6-15(25)27-5/h11H,6-10,12H2,1-5H3,(H,18,24)(H,19,26). The minimum Gasteiger partial charge on any atom is -0.469 e. The molecule has 1 rings (SSSR count). The molecule has 0 radical (unpaired) electrons. The largest absolute Gasteiger partial charge is 0.469 e. The molecule has 2 N–H and O–H groups in total. The first kappa shape index (κ1) is 23.3. The molecule has 2 amide bonds. The zero-order valence-electron chi connectivity index (χ0n) is 17.2. The topological polar surface area (TPSA) is 128 Å². The van der Waals surface area contributed by atoms with Crippen LogP contribution in [0.5, 0.6) is 0 Å². The normalized spacial score (nSPS) is 11.2. The van der Waals surface area contributed by atoms with Crippen LogP contribution >= 0.6 is 0 Å². The quantitative estimate of drug-likeness (QED) is 0.524. The Hall–Kier alpha value is -2.69. The highest BCUT2D eigenvalue weighted by molar-refractivity contribution is 5.78. The van der Waals surface area contributed by atoms with Crippen molar-refractivity contribution in [2.45, 2.75) is 45.9 Å². The lowest BCUT2D eigenvalue weighted by molar-refractivity contribution is -0.140. The second kappa shape index (κ2) is 11.2. The molecule has 0 spiro atoms. The molecule has 1 heterocycles. The van der Waals surface area contributed by atoms with Crippen LogP contribution in [0.25, 0.3) is 0 Å². The Labute approximate surface area is 164 Å². The van der Waals surface area contributed by atoms with Gasteiger partial charge < -0.3 is 20.1 Å². The van der Waals surface area contributed by atoms with Crippen molar-refractivity contribution in [3.8, 4) is 0 Å². The van der Waals surface area contributed by atoms with Crippen LogP contribution in [0.1, 0.15) is 32.9 Å². The fourth-order valence-corrected chi connectivity index (χ4v) is 2.15. The number of carbonyl (C=O) groups excluding carboxylic acids is 3. The van der Waals surface area contributed by atoms with E-state index in [0.717, 1.165) is 0 Å². The summed E-state index contributed by atoms with van der Waals surface area (Å²) in [6, 6.07) is 0. The Morgan fingerprint density at radius 3 is 2.57 bits per heavy atom. The molecule has 28 heavy (non-hydrogen) atoms. The van der Waals surface area contributed by atoms with Crippen LogP contribution in [-0.2, 0) is 32.2 Å². The molecular weight excluding hydrogens is 368 g/mol. The molecular formula is C17H30N6O5. The van der Waals surface area contributed by atoms with E-state index in [1.54, 1.807) is 43.6 Å². The summed E-state index contributed by atoms with van der Waals surface area (Å²) in [4.78, 5) is 36.2. The monoisotopic (exact) mass is 398 g/mol. The van der Waals surface area contributed by atoms with Crippen LogP contribution in [0.15, 0.2) is 6.20 Å². The van der Waals surface area contributed by atoms with E-state index in [-0.39, 0.29) is 31.4 Å². The molecule has 1 aromatic heterocycles. The molecule has 0 aliphatic rings. The number of nitrogens with zero attached hydrogens (tertiary/aromatic N) is 4. The van der Waals surface area contributed by atoms with Crippen molar-refractivity contribution in [1.82, 2.24) is 30.5 Å². The number of rotatable bonds is 10. The van der Waals surface area contributed by atoms with Crippen LogP contribution in [0.4, 0.5) is 4.79 Å². The number of ether oxygens (including phenoxy) is 2. The van der Waals surface area contributed by atoms with Crippen LogP contribution in [0.3, 0.4) is 0 Å². The number of hydrogen-bond donors (Lipinski definition) is 2. The Kier molecular flexibility index (Phi) is 9.36. The number of nitrogens with one attached hydrogen (secondary N) is 2. The summed E-state index contributed by atoms with van der Waals surface area (Å²) in [7, 11) is 3.08.